The van der Waals surface area contributed by atoms with Crippen molar-refractivity contribution < 1.29 is 111 Å². The fraction of sp³-hybridized carbons (Fsp3) is 0.500. The molecule has 5 aliphatic rings. The van der Waals surface area contributed by atoms with Crippen LogP contribution in [0.15, 0.2) is 53.4 Å². The maximum Gasteiger partial charge on any atom is 2.00 e. The molecule has 6 aromatic rings. The van der Waals surface area contributed by atoms with Gasteiger partial charge in [-0.1, -0.05) is 102 Å². The van der Waals surface area contributed by atoms with Crippen LogP contribution in [0.25, 0.3) is 56.5 Å². The third-order valence-corrected chi connectivity index (χ3v) is 15.5. The van der Waals surface area contributed by atoms with E-state index >= 15 is 0 Å². The molecule has 6 heterocycles. The number of rotatable bonds is 14. The van der Waals surface area contributed by atoms with Crippen LogP contribution >= 0.6 is 0 Å². The Bertz CT molecular complexity index is 3610. The minimum absolute atomic E-state index is 0. The average molecular weight is 1310 g/mol. The van der Waals surface area contributed by atoms with Crippen molar-refractivity contribution in [2.75, 3.05) is 35.7 Å². The van der Waals surface area contributed by atoms with Crippen molar-refractivity contribution in [2.45, 2.75) is 172 Å². The number of aromatic nitrogens is 11. The smallest absolute Gasteiger partial charge is 0.748 e. The van der Waals surface area contributed by atoms with Gasteiger partial charge in [0.1, 0.15) is 15.9 Å². The van der Waals surface area contributed by atoms with Crippen LogP contribution < -0.4 is 84.4 Å². The zero-order valence-corrected chi connectivity index (χ0v) is 54.2. The Hall–Kier alpha value is -4.12. The van der Waals surface area contributed by atoms with Crippen molar-refractivity contribution >= 4 is 81.6 Å². The third kappa shape index (κ3) is 21.3. The molecular formula is C58H84CuN14Na2O8S3. The predicted molar refractivity (Wildman–Crippen MR) is 330 cm³/mol. The van der Waals surface area contributed by atoms with Crippen molar-refractivity contribution in [3.05, 3.63) is 88.3 Å². The van der Waals surface area contributed by atoms with E-state index in [2.05, 4.69) is 42.4 Å². The topological polar surface area (TPSA) is 329 Å². The molecule has 4 aromatic heterocycles. The first-order valence-electron chi connectivity index (χ1n) is 26.7. The largest absolute Gasteiger partial charge is 2.00 e. The Kier molecular flexibility index (Phi) is 35.4. The first-order valence-corrected chi connectivity index (χ1v) is 31.6. The molecule has 11 rings (SSSR count). The maximum absolute atomic E-state index is 11.2. The fourth-order valence-corrected chi connectivity index (χ4v) is 11.2. The van der Waals surface area contributed by atoms with Gasteiger partial charge in [-0.3, -0.25) is 0 Å². The minimum atomic E-state index is -4.67. The average Bonchev–Trinajstić information content (AvgIpc) is 1.80. The predicted octanol–water partition coefficient (Wildman–Crippen LogP) is 4.71. The van der Waals surface area contributed by atoms with Gasteiger partial charge >= 0.3 is 76.2 Å². The second-order valence-corrected chi connectivity index (χ2v) is 23.4. The summed E-state index contributed by atoms with van der Waals surface area (Å²) < 4.78 is 90.7. The number of nitrogens with one attached hydrogen (secondary N) is 3. The Balaban J connectivity index is 0.00000148. The first-order chi connectivity index (χ1) is 37.5. The zero-order chi connectivity index (χ0) is 55.6. The third-order valence-electron chi connectivity index (χ3n) is 13.3. The zero-order valence-electron chi connectivity index (χ0n) is 46.8. The number of fused-ring (bicyclic) bond motifs is 19. The van der Waals surface area contributed by atoms with Crippen molar-refractivity contribution in [3.63, 3.8) is 0 Å². The standard InChI is InChI=1S/C32H28N8.C17H26N6O8S3.2C2H6.5CH4.Cu.2Na/c1-2-10-18-17(9-1)25-33-26(18)38-28-21-13-5-6-14-22(21)30(35-28)40-32-24-16-8-7-15-23(24)31(36-32)39-29-20-12-4-3-11-19(20)27(34-29)37-25;1-32(24,25)19-9-4-2-3-8-15-21-16(18-10-11-33(26,27)28)23-17(22-15)20-13-6-5-7-14(12-13)34(29,30)31;2*1-2;;;;;;;;/h1-2,9-10H,3-8,11-16H2;5-7,12,19H,2-4,8-11H2,1H3,(H,26,27,28)(H,29,30,31)(H2,18,20,21,22,23);2*1-2H3;5*1H4;;;/q-2;;;;;;;;;+2;2*+1/p-2. The van der Waals surface area contributed by atoms with Crippen molar-refractivity contribution in [1.29, 1.82) is 0 Å². The number of unbranched alkanes of at least 4 members (excludes halogenated alkanes) is 2. The van der Waals surface area contributed by atoms with E-state index in [-0.39, 0.29) is 144 Å². The summed E-state index contributed by atoms with van der Waals surface area (Å²) in [6.45, 7) is 8.05. The van der Waals surface area contributed by atoms with Crippen LogP contribution in [-0.2, 0) is 79.4 Å². The molecule has 86 heavy (non-hydrogen) atoms. The molecule has 0 unspecified atom stereocenters. The summed E-state index contributed by atoms with van der Waals surface area (Å²) in [6.07, 6.45) is 16.0. The molecule has 0 saturated heterocycles. The quantitative estimate of drug-likeness (QED) is 0.0754. The Labute approximate surface area is 565 Å². The molecule has 28 heteroatoms. The molecule has 0 spiro atoms. The van der Waals surface area contributed by atoms with Gasteiger partial charge in [0.15, 0.2) is 0 Å². The van der Waals surface area contributed by atoms with Gasteiger partial charge in [0.2, 0.25) is 21.9 Å². The van der Waals surface area contributed by atoms with Crippen LogP contribution in [0.5, 0.6) is 0 Å². The van der Waals surface area contributed by atoms with Gasteiger partial charge in [0.05, 0.1) is 50.3 Å². The van der Waals surface area contributed by atoms with Gasteiger partial charge in [0, 0.05) is 58.9 Å². The molecule has 0 fully saturated rings. The molecule has 1 radical (unpaired) electrons. The maximum atomic E-state index is 11.2. The van der Waals surface area contributed by atoms with Crippen LogP contribution in [0.1, 0.15) is 175 Å². The van der Waals surface area contributed by atoms with Crippen LogP contribution in [0.3, 0.4) is 0 Å². The van der Waals surface area contributed by atoms with E-state index in [1.54, 1.807) is 0 Å². The number of aryl methyl sites for hydroxylation is 5. The van der Waals surface area contributed by atoms with E-state index in [0.717, 1.165) is 141 Å². The number of hydrogen-bond acceptors (Lipinski definition) is 19. The Morgan fingerprint density at radius 3 is 1.41 bits per heavy atom. The van der Waals surface area contributed by atoms with Crippen LogP contribution in [0.4, 0.5) is 17.6 Å². The second-order valence-electron chi connectivity index (χ2n) is 18.7. The molecule has 465 valence electrons. The second kappa shape index (κ2) is 37.1. The molecule has 0 amide bonds. The summed E-state index contributed by atoms with van der Waals surface area (Å²) in [5.41, 5.74) is 12.5. The number of sulfonamides is 1. The van der Waals surface area contributed by atoms with Gasteiger partial charge in [-0.15, -0.1) is 0 Å². The molecule has 3 N–H and O–H groups in total. The Morgan fingerprint density at radius 2 is 0.953 bits per heavy atom. The van der Waals surface area contributed by atoms with Gasteiger partial charge in [-0.25, -0.2) is 39.9 Å². The molecule has 0 atom stereocenters. The van der Waals surface area contributed by atoms with E-state index in [9.17, 15) is 34.4 Å². The van der Waals surface area contributed by atoms with E-state index < -0.39 is 40.9 Å². The molecule has 2 aliphatic heterocycles. The molecule has 2 aromatic carbocycles. The normalized spacial score (nSPS) is 13.3. The monoisotopic (exact) mass is 1310 g/mol. The molecule has 0 saturated carbocycles. The van der Waals surface area contributed by atoms with Crippen molar-refractivity contribution in [3.8, 4) is 22.8 Å². The number of anilines is 3. The molecule has 22 nitrogen and oxygen atoms in total. The number of nitrogens with zero attached hydrogens (tertiary/aromatic N) is 11. The van der Waals surface area contributed by atoms with Gasteiger partial charge in [-0.2, -0.15) is 15.0 Å². The van der Waals surface area contributed by atoms with E-state index in [1.807, 2.05) is 39.8 Å². The van der Waals surface area contributed by atoms with E-state index in [1.165, 1.54) is 45.5 Å². The van der Waals surface area contributed by atoms with Crippen LogP contribution in [-0.4, -0.2) is 104 Å². The summed E-state index contributed by atoms with van der Waals surface area (Å²) in [5.74, 6) is 2.50. The number of benzene rings is 2. The van der Waals surface area contributed by atoms with Crippen molar-refractivity contribution in [1.82, 2.24) is 59.5 Å². The minimum Gasteiger partial charge on any atom is -0.748 e. The molecule has 3 aliphatic carbocycles. The van der Waals surface area contributed by atoms with Crippen LogP contribution in [0.2, 0.25) is 0 Å². The van der Waals surface area contributed by atoms with Gasteiger partial charge < -0.3 is 49.6 Å². The van der Waals surface area contributed by atoms with E-state index in [0.29, 0.717) is 43.2 Å². The number of allylic oxidation sites excluding steroid dienone is 2. The SMILES string of the molecule is C.C.C.C.C.CC.CC.CS(=O)(=O)NCCCCCc1nc(NCCS(=O)(=O)[O-])nc(Nc2cccc(S(=O)(=O)[O-])c2)n1.[Cu+2].[Na+].[Na+].c1ccc2c(c1)-c1nc-2nc2[n-]c(nc3nc(nc4[n-]c(n1)c1c4CCCC1)C1=C3CCCC1)c1c2CCCC1. The van der Waals surface area contributed by atoms with E-state index in [4.69, 9.17) is 39.9 Å². The molecule has 8 bridgehead atoms. The van der Waals surface area contributed by atoms with Gasteiger partial charge in [0.25, 0.3) is 0 Å². The van der Waals surface area contributed by atoms with Crippen molar-refractivity contribution in [2.24, 2.45) is 0 Å². The number of hydrogen-bond donors (Lipinski definition) is 3. The Morgan fingerprint density at radius 1 is 0.512 bits per heavy atom. The summed E-state index contributed by atoms with van der Waals surface area (Å²) >= 11 is 0. The fourth-order valence-electron chi connectivity index (χ4n) is 9.78. The van der Waals surface area contributed by atoms with Crippen LogP contribution in [0, 0.1) is 0 Å². The summed E-state index contributed by atoms with van der Waals surface area (Å²) in [7, 11) is -12.4. The summed E-state index contributed by atoms with van der Waals surface area (Å²) in [4.78, 5) is 52.6. The first kappa shape index (κ1) is 81.9. The van der Waals surface area contributed by atoms with Gasteiger partial charge in [-0.05, 0) is 141 Å². The summed E-state index contributed by atoms with van der Waals surface area (Å²) in [6, 6.07) is 13.3. The summed E-state index contributed by atoms with van der Waals surface area (Å²) in [5, 5.41) is 5.40. The molecular weight excluding hydrogens is 1230 g/mol.